The third-order valence-electron chi connectivity index (χ3n) is 0.605. The Morgan fingerprint density at radius 3 is 1.60 bits per heavy atom. The fraction of sp³-hybridized carbons (Fsp3) is 0.750. The van der Waals surface area contributed by atoms with Gasteiger partial charge < -0.3 is 18.2 Å². The van der Waals surface area contributed by atoms with Gasteiger partial charge in [0.25, 0.3) is 0 Å². The first kappa shape index (κ1) is 16.9. The molecule has 0 saturated carbocycles. The Morgan fingerprint density at radius 1 is 1.30 bits per heavy atom. The molecular formula is C8H19NZn. The molecule has 1 nitrogen and oxygen atoms in total. The van der Waals surface area contributed by atoms with E-state index in [1.165, 1.54) is 0 Å². The minimum absolute atomic E-state index is 0. The molecule has 0 heterocycles. The molecule has 0 fully saturated rings. The van der Waals surface area contributed by atoms with Gasteiger partial charge in [-0.15, -0.1) is 0 Å². The van der Waals surface area contributed by atoms with Crippen molar-refractivity contribution in [2.24, 2.45) is 0 Å². The zero-order chi connectivity index (χ0) is 7.70. The van der Waals surface area contributed by atoms with Gasteiger partial charge >= 0.3 is 19.5 Å². The van der Waals surface area contributed by atoms with Crippen molar-refractivity contribution in [3.05, 3.63) is 13.3 Å². The minimum Gasteiger partial charge on any atom is -0.342 e. The molecule has 0 aliphatic heterocycles. The van der Waals surface area contributed by atoms with E-state index in [0.29, 0.717) is 0 Å². The van der Waals surface area contributed by atoms with Gasteiger partial charge in [-0.05, 0) is 20.6 Å². The van der Waals surface area contributed by atoms with Crippen LogP contribution in [0.25, 0.3) is 0 Å². The van der Waals surface area contributed by atoms with Crippen molar-refractivity contribution < 1.29 is 19.5 Å². The van der Waals surface area contributed by atoms with E-state index in [1.54, 1.807) is 0 Å². The largest absolute Gasteiger partial charge is 2.00 e. The van der Waals surface area contributed by atoms with Crippen LogP contribution in [0.2, 0.25) is 0 Å². The molecule has 0 aromatic rings. The maximum absolute atomic E-state index is 3.68. The summed E-state index contributed by atoms with van der Waals surface area (Å²) in [5.74, 6) is 0. The van der Waals surface area contributed by atoms with Crippen molar-refractivity contribution >= 4 is 0 Å². The molecule has 0 rings (SSSR count). The Labute approximate surface area is 78.9 Å². The van der Waals surface area contributed by atoms with Crippen molar-refractivity contribution in [3.63, 3.8) is 0 Å². The van der Waals surface area contributed by atoms with Crippen molar-refractivity contribution in [1.82, 2.24) is 4.90 Å². The number of hydrogen-bond acceptors (Lipinski definition) is 1. The van der Waals surface area contributed by atoms with Crippen LogP contribution in [0.3, 0.4) is 0 Å². The molecule has 0 aromatic carbocycles. The molecular weight excluding hydrogens is 175 g/mol. The molecule has 0 atom stereocenters. The SMILES string of the molecule is C[CH-]C.[CH2-]CCN(C)C.[Zn+2]. The number of hydrogen-bond donors (Lipinski definition) is 0. The van der Waals surface area contributed by atoms with E-state index >= 15 is 0 Å². The minimum atomic E-state index is 0. The van der Waals surface area contributed by atoms with Crippen LogP contribution in [0.4, 0.5) is 0 Å². The smallest absolute Gasteiger partial charge is 0.342 e. The summed E-state index contributed by atoms with van der Waals surface area (Å²) >= 11 is 0. The van der Waals surface area contributed by atoms with Crippen molar-refractivity contribution in [2.75, 3.05) is 20.6 Å². The normalized spacial score (nSPS) is 7.80. The first-order chi connectivity index (χ1) is 4.18. The van der Waals surface area contributed by atoms with Crippen LogP contribution >= 0.6 is 0 Å². The maximum Gasteiger partial charge on any atom is 2.00 e. The van der Waals surface area contributed by atoms with E-state index in [9.17, 15) is 0 Å². The van der Waals surface area contributed by atoms with Crippen LogP contribution in [-0.4, -0.2) is 25.5 Å². The summed E-state index contributed by atoms with van der Waals surface area (Å²) in [6.07, 6.45) is 3.01. The Hall–Kier alpha value is 0.583. The molecule has 0 spiro atoms. The second-order valence-electron chi connectivity index (χ2n) is 2.23. The summed E-state index contributed by atoms with van der Waals surface area (Å²) in [6, 6.07) is 0. The van der Waals surface area contributed by atoms with E-state index < -0.39 is 0 Å². The first-order valence-corrected chi connectivity index (χ1v) is 3.37. The molecule has 0 radical (unpaired) electrons. The molecule has 0 bridgehead atoms. The standard InChI is InChI=1S/C5H12N.C3H7.Zn/c1-4-5-6(2)3;1-3-2;/h1,4-5H2,2-3H3;3H,1-2H3;/q2*-1;+2. The van der Waals surface area contributed by atoms with Gasteiger partial charge in [0.15, 0.2) is 0 Å². The average molecular weight is 195 g/mol. The second kappa shape index (κ2) is 16.3. The van der Waals surface area contributed by atoms with Gasteiger partial charge in [0.2, 0.25) is 0 Å². The summed E-state index contributed by atoms with van der Waals surface area (Å²) in [4.78, 5) is 2.12. The molecule has 58 valence electrons. The predicted octanol–water partition coefficient (Wildman–Crippen LogP) is 2.00. The van der Waals surface area contributed by atoms with Gasteiger partial charge in [-0.25, -0.2) is 0 Å². The quantitative estimate of drug-likeness (QED) is 0.480. The van der Waals surface area contributed by atoms with Crippen LogP contribution in [0.5, 0.6) is 0 Å². The molecule has 2 heteroatoms. The van der Waals surface area contributed by atoms with Crippen LogP contribution in [0.1, 0.15) is 20.3 Å². The number of nitrogens with zero attached hydrogens (tertiary/aromatic N) is 1. The van der Waals surface area contributed by atoms with Gasteiger partial charge in [-0.2, -0.15) is 20.3 Å². The Bertz CT molecular complexity index is 38.2. The van der Waals surface area contributed by atoms with Crippen LogP contribution in [0, 0.1) is 13.3 Å². The summed E-state index contributed by atoms with van der Waals surface area (Å²) in [5, 5.41) is 0. The van der Waals surface area contributed by atoms with Crippen LogP contribution in [0.15, 0.2) is 0 Å². The fourth-order valence-electron chi connectivity index (χ4n) is 0.316. The van der Waals surface area contributed by atoms with Crippen molar-refractivity contribution in [2.45, 2.75) is 20.3 Å². The second-order valence-corrected chi connectivity index (χ2v) is 2.23. The van der Waals surface area contributed by atoms with Crippen molar-refractivity contribution in [1.29, 1.82) is 0 Å². The van der Waals surface area contributed by atoms with Crippen LogP contribution < -0.4 is 0 Å². The summed E-state index contributed by atoms with van der Waals surface area (Å²) in [7, 11) is 4.09. The third-order valence-corrected chi connectivity index (χ3v) is 0.605. The number of rotatable bonds is 2. The summed E-state index contributed by atoms with van der Waals surface area (Å²) in [5.41, 5.74) is 0. The maximum atomic E-state index is 3.68. The van der Waals surface area contributed by atoms with Crippen LogP contribution in [-0.2, 0) is 19.5 Å². The molecule has 0 aliphatic carbocycles. The molecule has 10 heavy (non-hydrogen) atoms. The van der Waals surface area contributed by atoms with Gasteiger partial charge in [0.05, 0.1) is 0 Å². The molecule has 0 unspecified atom stereocenters. The van der Waals surface area contributed by atoms with E-state index in [0.717, 1.165) is 13.0 Å². The topological polar surface area (TPSA) is 3.24 Å². The van der Waals surface area contributed by atoms with Gasteiger partial charge in [0, 0.05) is 0 Å². The monoisotopic (exact) mass is 193 g/mol. The van der Waals surface area contributed by atoms with Crippen molar-refractivity contribution in [3.8, 4) is 0 Å². The predicted molar refractivity (Wildman–Crippen MR) is 44.2 cm³/mol. The fourth-order valence-corrected chi connectivity index (χ4v) is 0.316. The average Bonchev–Trinajstić information content (AvgIpc) is 1.67. The first-order valence-electron chi connectivity index (χ1n) is 3.37. The molecule has 0 aliphatic rings. The zero-order valence-electron chi connectivity index (χ0n) is 7.85. The molecule has 0 N–H and O–H groups in total. The summed E-state index contributed by atoms with van der Waals surface area (Å²) < 4.78 is 0. The van der Waals surface area contributed by atoms with E-state index in [1.807, 2.05) is 34.4 Å². The Kier molecular flexibility index (Phi) is 27.5. The zero-order valence-corrected chi connectivity index (χ0v) is 10.8. The van der Waals surface area contributed by atoms with E-state index in [-0.39, 0.29) is 19.5 Å². The summed E-state index contributed by atoms with van der Waals surface area (Å²) in [6.45, 7) is 8.78. The molecule has 0 saturated heterocycles. The third kappa shape index (κ3) is 38.4. The molecule has 0 aromatic heterocycles. The Morgan fingerprint density at radius 2 is 1.60 bits per heavy atom. The van der Waals surface area contributed by atoms with E-state index in [2.05, 4.69) is 11.8 Å². The van der Waals surface area contributed by atoms with Gasteiger partial charge in [-0.1, -0.05) is 0 Å². The molecule has 0 amide bonds. The van der Waals surface area contributed by atoms with E-state index in [4.69, 9.17) is 0 Å². The van der Waals surface area contributed by atoms with Gasteiger partial charge in [-0.3, -0.25) is 0 Å². The van der Waals surface area contributed by atoms with Gasteiger partial charge in [0.1, 0.15) is 0 Å². The Balaban J connectivity index is -0.000000107.